The van der Waals surface area contributed by atoms with Gasteiger partial charge < -0.3 is 16.4 Å². The van der Waals surface area contributed by atoms with Gasteiger partial charge in [0.15, 0.2) is 5.96 Å². The molecule has 22 heavy (non-hydrogen) atoms. The molecule has 0 aliphatic rings. The van der Waals surface area contributed by atoms with Crippen molar-refractivity contribution in [3.63, 3.8) is 0 Å². The van der Waals surface area contributed by atoms with E-state index < -0.39 is 0 Å². The van der Waals surface area contributed by atoms with Crippen molar-refractivity contribution in [2.45, 2.75) is 20.3 Å². The lowest BCUT2D eigenvalue weighted by Crippen LogP contribution is -2.39. The summed E-state index contributed by atoms with van der Waals surface area (Å²) in [4.78, 5) is 15.8. The van der Waals surface area contributed by atoms with E-state index in [0.29, 0.717) is 37.1 Å². The lowest BCUT2D eigenvalue weighted by Gasteiger charge is -2.08. The van der Waals surface area contributed by atoms with Crippen molar-refractivity contribution >= 4 is 35.8 Å². The highest BCUT2D eigenvalue weighted by Crippen LogP contribution is 2.03. The van der Waals surface area contributed by atoms with Crippen molar-refractivity contribution in [3.8, 4) is 0 Å². The summed E-state index contributed by atoms with van der Waals surface area (Å²) in [5.74, 6) is 0.343. The average molecular weight is 422 g/mol. The minimum Gasteiger partial charge on any atom is -0.370 e. The van der Waals surface area contributed by atoms with Gasteiger partial charge in [-0.2, -0.15) is 0 Å². The van der Waals surface area contributed by atoms with Gasteiger partial charge in [0.1, 0.15) is 5.82 Å². The van der Waals surface area contributed by atoms with Crippen molar-refractivity contribution in [2.75, 3.05) is 19.6 Å². The minimum absolute atomic E-state index is 0. The highest BCUT2D eigenvalue weighted by Gasteiger charge is 2.03. The number of benzene rings is 1. The molecule has 0 aliphatic heterocycles. The van der Waals surface area contributed by atoms with Crippen LogP contribution in [0.4, 0.5) is 4.39 Å². The van der Waals surface area contributed by atoms with E-state index in [9.17, 15) is 9.18 Å². The van der Waals surface area contributed by atoms with Crippen LogP contribution in [0.15, 0.2) is 29.3 Å². The van der Waals surface area contributed by atoms with E-state index in [1.807, 2.05) is 0 Å². The molecule has 0 saturated carbocycles. The number of carbonyl (C=O) groups excluding carboxylic acids is 1. The molecular formula is C15H24FIN4O. The molecule has 4 N–H and O–H groups in total. The van der Waals surface area contributed by atoms with Crippen LogP contribution in [0.25, 0.3) is 0 Å². The van der Waals surface area contributed by atoms with E-state index in [1.54, 1.807) is 12.1 Å². The number of hydrogen-bond donors (Lipinski definition) is 3. The van der Waals surface area contributed by atoms with E-state index >= 15 is 0 Å². The Morgan fingerprint density at radius 2 is 2.00 bits per heavy atom. The molecule has 7 heteroatoms. The van der Waals surface area contributed by atoms with E-state index in [0.717, 1.165) is 0 Å². The number of guanidine groups is 1. The van der Waals surface area contributed by atoms with Gasteiger partial charge in [0.2, 0.25) is 5.91 Å². The fourth-order valence-corrected chi connectivity index (χ4v) is 1.62. The van der Waals surface area contributed by atoms with Crippen molar-refractivity contribution in [2.24, 2.45) is 16.6 Å². The Morgan fingerprint density at radius 3 is 2.64 bits per heavy atom. The lowest BCUT2D eigenvalue weighted by atomic mass is 10.1. The molecule has 0 saturated heterocycles. The monoisotopic (exact) mass is 422 g/mol. The molecule has 0 bridgehead atoms. The van der Waals surface area contributed by atoms with Gasteiger partial charge in [-0.3, -0.25) is 9.79 Å². The summed E-state index contributed by atoms with van der Waals surface area (Å²) in [5.41, 5.74) is 6.31. The Bertz CT molecular complexity index is 494. The highest BCUT2D eigenvalue weighted by atomic mass is 127. The largest absolute Gasteiger partial charge is 0.370 e. The molecule has 0 heterocycles. The number of hydrogen-bond acceptors (Lipinski definition) is 2. The van der Waals surface area contributed by atoms with Gasteiger partial charge in [0, 0.05) is 19.6 Å². The molecular weight excluding hydrogens is 398 g/mol. The maximum atomic E-state index is 13.0. The van der Waals surface area contributed by atoms with Crippen LogP contribution in [-0.2, 0) is 11.2 Å². The zero-order valence-corrected chi connectivity index (χ0v) is 15.3. The van der Waals surface area contributed by atoms with Crippen LogP contribution in [0.3, 0.4) is 0 Å². The molecule has 0 radical (unpaired) electrons. The van der Waals surface area contributed by atoms with Gasteiger partial charge >= 0.3 is 0 Å². The van der Waals surface area contributed by atoms with E-state index in [1.165, 1.54) is 12.1 Å². The second-order valence-corrected chi connectivity index (χ2v) is 5.20. The van der Waals surface area contributed by atoms with Crippen LogP contribution < -0.4 is 16.4 Å². The smallest absolute Gasteiger partial charge is 0.224 e. The molecule has 0 aliphatic carbocycles. The number of nitrogens with zero attached hydrogens (tertiary/aromatic N) is 1. The summed E-state index contributed by atoms with van der Waals surface area (Å²) in [6, 6.07) is 6.02. The zero-order valence-electron chi connectivity index (χ0n) is 12.9. The third-order valence-corrected chi connectivity index (χ3v) is 2.63. The topological polar surface area (TPSA) is 79.5 Å². The number of aliphatic imine (C=N–C) groups is 1. The third kappa shape index (κ3) is 9.54. The lowest BCUT2D eigenvalue weighted by molar-refractivity contribution is -0.120. The fraction of sp³-hybridized carbons (Fsp3) is 0.467. The number of nitrogens with one attached hydrogen (secondary N) is 2. The Balaban J connectivity index is 0.00000441. The minimum atomic E-state index is -0.337. The number of amides is 1. The first-order valence-corrected chi connectivity index (χ1v) is 7.02. The molecule has 1 aromatic carbocycles. The predicted octanol–water partition coefficient (Wildman–Crippen LogP) is 1.66. The van der Waals surface area contributed by atoms with Crippen molar-refractivity contribution in [1.29, 1.82) is 0 Å². The van der Waals surface area contributed by atoms with Gasteiger partial charge in [0.05, 0.1) is 6.42 Å². The molecule has 0 atom stereocenters. The van der Waals surface area contributed by atoms with Crippen molar-refractivity contribution in [3.05, 3.63) is 35.6 Å². The van der Waals surface area contributed by atoms with Crippen molar-refractivity contribution < 1.29 is 9.18 Å². The third-order valence-electron chi connectivity index (χ3n) is 2.63. The standard InChI is InChI=1S/C15H23FN4O.HI/c1-11(2)10-20-15(17)19-7-6-18-14(21)9-12-4-3-5-13(16)8-12;/h3-5,8,11H,6-7,9-10H2,1-2H3,(H,18,21)(H3,17,19,20);1H. The van der Waals surface area contributed by atoms with Crippen LogP contribution in [0.2, 0.25) is 0 Å². The van der Waals surface area contributed by atoms with Crippen LogP contribution >= 0.6 is 24.0 Å². The van der Waals surface area contributed by atoms with Crippen LogP contribution in [0.1, 0.15) is 19.4 Å². The van der Waals surface area contributed by atoms with E-state index in [2.05, 4.69) is 29.5 Å². The molecule has 0 spiro atoms. The number of halogens is 2. The predicted molar refractivity (Wildman–Crippen MR) is 97.9 cm³/mol. The molecule has 5 nitrogen and oxygen atoms in total. The van der Waals surface area contributed by atoms with Crippen LogP contribution in [0, 0.1) is 11.7 Å². The quantitative estimate of drug-likeness (QED) is 0.271. The molecule has 1 amide bonds. The van der Waals surface area contributed by atoms with Crippen LogP contribution in [-0.4, -0.2) is 31.5 Å². The van der Waals surface area contributed by atoms with Gasteiger partial charge in [0.25, 0.3) is 0 Å². The first-order valence-electron chi connectivity index (χ1n) is 7.02. The van der Waals surface area contributed by atoms with Gasteiger partial charge in [-0.25, -0.2) is 4.39 Å². The second kappa shape index (κ2) is 11.2. The maximum absolute atomic E-state index is 13.0. The fourth-order valence-electron chi connectivity index (χ4n) is 1.62. The van der Waals surface area contributed by atoms with Crippen LogP contribution in [0.5, 0.6) is 0 Å². The summed E-state index contributed by atoms with van der Waals surface area (Å²) < 4.78 is 13.0. The van der Waals surface area contributed by atoms with E-state index in [4.69, 9.17) is 5.73 Å². The van der Waals surface area contributed by atoms with Gasteiger partial charge in [-0.05, 0) is 23.6 Å². The van der Waals surface area contributed by atoms with Crippen molar-refractivity contribution in [1.82, 2.24) is 10.6 Å². The normalized spacial score (nSPS) is 11.0. The number of rotatable bonds is 7. The first kappa shape index (κ1) is 20.6. The SMILES string of the molecule is CC(C)CN=C(N)NCCNC(=O)Cc1cccc(F)c1.I. The van der Waals surface area contributed by atoms with Gasteiger partial charge in [-0.15, -0.1) is 24.0 Å². The molecule has 1 aromatic rings. The first-order chi connectivity index (χ1) is 9.97. The Kier molecular flexibility index (Phi) is 10.5. The number of nitrogens with two attached hydrogens (primary N) is 1. The second-order valence-electron chi connectivity index (χ2n) is 5.20. The summed E-state index contributed by atoms with van der Waals surface area (Å²) in [7, 11) is 0. The molecule has 124 valence electrons. The van der Waals surface area contributed by atoms with Gasteiger partial charge in [-0.1, -0.05) is 26.0 Å². The maximum Gasteiger partial charge on any atom is 0.224 e. The summed E-state index contributed by atoms with van der Waals surface area (Å²) in [6.07, 6.45) is 0.161. The van der Waals surface area contributed by atoms with E-state index in [-0.39, 0.29) is 42.1 Å². The Morgan fingerprint density at radius 1 is 1.32 bits per heavy atom. The Labute approximate surface area is 148 Å². The summed E-state index contributed by atoms with van der Waals surface area (Å²) in [6.45, 7) is 5.73. The summed E-state index contributed by atoms with van der Waals surface area (Å²) >= 11 is 0. The Hall–Kier alpha value is -1.38. The molecule has 0 fully saturated rings. The molecule has 0 aromatic heterocycles. The molecule has 0 unspecified atom stereocenters. The zero-order chi connectivity index (χ0) is 15.7. The number of carbonyl (C=O) groups is 1. The molecule has 1 rings (SSSR count). The summed E-state index contributed by atoms with van der Waals surface area (Å²) in [5, 5.41) is 5.66. The highest BCUT2D eigenvalue weighted by molar-refractivity contribution is 14.0. The average Bonchev–Trinajstić information content (AvgIpc) is 2.41.